The SMILES string of the molecule is O=C(O)[C@@H]1[C@H]2CC[C@@H](C2)[C@@H]1C(=O)Nc1ccc(F)c(Cl)c1. The number of nitrogens with one attached hydrogen (secondary N) is 1. The number of hydrogen-bond donors (Lipinski definition) is 2. The summed E-state index contributed by atoms with van der Waals surface area (Å²) in [6.45, 7) is 0. The number of carboxylic acids is 1. The fourth-order valence-electron chi connectivity index (χ4n) is 3.82. The van der Waals surface area contributed by atoms with E-state index in [1.54, 1.807) is 0 Å². The van der Waals surface area contributed by atoms with Gasteiger partial charge in [-0.05, 0) is 49.3 Å². The van der Waals surface area contributed by atoms with Crippen molar-refractivity contribution in [2.45, 2.75) is 19.3 Å². The Morgan fingerprint density at radius 3 is 2.52 bits per heavy atom. The third kappa shape index (κ3) is 2.50. The van der Waals surface area contributed by atoms with E-state index in [0.29, 0.717) is 5.69 Å². The minimum Gasteiger partial charge on any atom is -0.481 e. The van der Waals surface area contributed by atoms with Crippen LogP contribution in [0.4, 0.5) is 10.1 Å². The van der Waals surface area contributed by atoms with Crippen molar-refractivity contribution in [3.05, 3.63) is 29.0 Å². The molecule has 1 aromatic rings. The standard InChI is InChI=1S/C15H15ClFNO3/c16-10-6-9(3-4-11(10)17)18-14(19)12-7-1-2-8(5-7)13(12)15(20)21/h3-4,6-8,12-13H,1-2,5H2,(H,18,19)(H,20,21)/t7-,8-,12-,13+/m0/s1. The Hall–Kier alpha value is -1.62. The minimum atomic E-state index is -0.903. The monoisotopic (exact) mass is 311 g/mol. The lowest BCUT2D eigenvalue weighted by Gasteiger charge is -2.27. The van der Waals surface area contributed by atoms with E-state index in [-0.39, 0.29) is 22.8 Å². The summed E-state index contributed by atoms with van der Waals surface area (Å²) in [7, 11) is 0. The molecule has 112 valence electrons. The van der Waals surface area contributed by atoms with Crippen LogP contribution in [0.3, 0.4) is 0 Å². The lowest BCUT2D eigenvalue weighted by atomic mass is 9.78. The number of benzene rings is 1. The molecule has 0 aliphatic heterocycles. The molecule has 2 N–H and O–H groups in total. The number of carboxylic acid groups (broad SMARTS) is 1. The molecule has 0 unspecified atom stereocenters. The smallest absolute Gasteiger partial charge is 0.307 e. The molecule has 2 bridgehead atoms. The first-order valence-corrected chi connectivity index (χ1v) is 7.34. The highest BCUT2D eigenvalue weighted by Gasteiger charge is 2.53. The second-order valence-corrected chi connectivity index (χ2v) is 6.25. The summed E-state index contributed by atoms with van der Waals surface area (Å²) in [5.41, 5.74) is 0.387. The van der Waals surface area contributed by atoms with Gasteiger partial charge in [0.05, 0.1) is 16.9 Å². The van der Waals surface area contributed by atoms with E-state index in [4.69, 9.17) is 11.6 Å². The second kappa shape index (κ2) is 5.30. The molecule has 0 aromatic heterocycles. The van der Waals surface area contributed by atoms with Crippen molar-refractivity contribution in [3.63, 3.8) is 0 Å². The number of amides is 1. The number of rotatable bonds is 3. The quantitative estimate of drug-likeness (QED) is 0.901. The maximum Gasteiger partial charge on any atom is 0.307 e. The molecule has 4 atom stereocenters. The number of hydrogen-bond acceptors (Lipinski definition) is 2. The third-order valence-electron chi connectivity index (χ3n) is 4.69. The number of fused-ring (bicyclic) bond motifs is 2. The zero-order valence-electron chi connectivity index (χ0n) is 11.2. The van der Waals surface area contributed by atoms with Gasteiger partial charge in [-0.3, -0.25) is 9.59 Å². The largest absolute Gasteiger partial charge is 0.481 e. The van der Waals surface area contributed by atoms with E-state index in [1.807, 2.05) is 0 Å². The number of aliphatic carboxylic acids is 1. The Kier molecular flexibility index (Phi) is 3.61. The highest BCUT2D eigenvalue weighted by atomic mass is 35.5. The Balaban J connectivity index is 1.78. The fourth-order valence-corrected chi connectivity index (χ4v) is 4.00. The first kappa shape index (κ1) is 14.3. The molecular formula is C15H15ClFNO3. The van der Waals surface area contributed by atoms with Crippen molar-refractivity contribution in [3.8, 4) is 0 Å². The molecule has 4 nitrogen and oxygen atoms in total. The van der Waals surface area contributed by atoms with Crippen molar-refractivity contribution in [2.24, 2.45) is 23.7 Å². The van der Waals surface area contributed by atoms with Gasteiger partial charge in [-0.15, -0.1) is 0 Å². The van der Waals surface area contributed by atoms with Crippen LogP contribution in [0, 0.1) is 29.5 Å². The van der Waals surface area contributed by atoms with Crippen LogP contribution in [0.15, 0.2) is 18.2 Å². The van der Waals surface area contributed by atoms with E-state index < -0.39 is 23.6 Å². The summed E-state index contributed by atoms with van der Waals surface area (Å²) < 4.78 is 13.1. The van der Waals surface area contributed by atoms with Gasteiger partial charge in [-0.1, -0.05) is 11.6 Å². The van der Waals surface area contributed by atoms with Gasteiger partial charge in [0.25, 0.3) is 0 Å². The Labute approximate surface area is 126 Å². The van der Waals surface area contributed by atoms with Crippen LogP contribution in [-0.2, 0) is 9.59 Å². The van der Waals surface area contributed by atoms with Crippen molar-refractivity contribution < 1.29 is 19.1 Å². The molecule has 0 spiro atoms. The zero-order chi connectivity index (χ0) is 15.1. The Morgan fingerprint density at radius 2 is 1.90 bits per heavy atom. The van der Waals surface area contributed by atoms with Crippen molar-refractivity contribution in [2.75, 3.05) is 5.32 Å². The number of carbonyl (C=O) groups excluding carboxylic acids is 1. The van der Waals surface area contributed by atoms with Gasteiger partial charge in [0.1, 0.15) is 5.82 Å². The minimum absolute atomic E-state index is 0.0736. The molecule has 0 heterocycles. The van der Waals surface area contributed by atoms with Crippen LogP contribution < -0.4 is 5.32 Å². The molecule has 2 fully saturated rings. The van der Waals surface area contributed by atoms with Gasteiger partial charge in [0.2, 0.25) is 5.91 Å². The number of anilines is 1. The maximum atomic E-state index is 13.1. The Bertz CT molecular complexity index is 607. The topological polar surface area (TPSA) is 66.4 Å². The van der Waals surface area contributed by atoms with Crippen LogP contribution in [0.2, 0.25) is 5.02 Å². The van der Waals surface area contributed by atoms with Gasteiger partial charge >= 0.3 is 5.97 Å². The summed E-state index contributed by atoms with van der Waals surface area (Å²) in [6.07, 6.45) is 2.59. The average molecular weight is 312 g/mol. The summed E-state index contributed by atoms with van der Waals surface area (Å²) in [5.74, 6) is -2.66. The first-order valence-electron chi connectivity index (χ1n) is 6.96. The molecule has 1 aromatic carbocycles. The highest BCUT2D eigenvalue weighted by Crippen LogP contribution is 2.52. The molecule has 0 radical (unpaired) electrons. The molecule has 21 heavy (non-hydrogen) atoms. The zero-order valence-corrected chi connectivity index (χ0v) is 11.9. The average Bonchev–Trinajstić information content (AvgIpc) is 3.03. The predicted octanol–water partition coefficient (Wildman–Crippen LogP) is 3.16. The summed E-state index contributed by atoms with van der Waals surface area (Å²) in [4.78, 5) is 23.8. The molecule has 6 heteroatoms. The van der Waals surface area contributed by atoms with Crippen LogP contribution in [-0.4, -0.2) is 17.0 Å². The van der Waals surface area contributed by atoms with Gasteiger partial charge in [-0.25, -0.2) is 4.39 Å². The lowest BCUT2D eigenvalue weighted by Crippen LogP contribution is -2.37. The van der Waals surface area contributed by atoms with Crippen LogP contribution in [0.5, 0.6) is 0 Å². The van der Waals surface area contributed by atoms with Crippen molar-refractivity contribution in [1.82, 2.24) is 0 Å². The maximum absolute atomic E-state index is 13.1. The van der Waals surface area contributed by atoms with E-state index in [1.165, 1.54) is 18.2 Å². The molecule has 1 amide bonds. The molecular weight excluding hydrogens is 297 g/mol. The van der Waals surface area contributed by atoms with Crippen molar-refractivity contribution >= 4 is 29.2 Å². The van der Waals surface area contributed by atoms with Crippen LogP contribution in [0.25, 0.3) is 0 Å². The summed E-state index contributed by atoms with van der Waals surface area (Å²) in [6, 6.07) is 3.92. The summed E-state index contributed by atoms with van der Waals surface area (Å²) in [5, 5.41) is 11.9. The second-order valence-electron chi connectivity index (χ2n) is 5.84. The van der Waals surface area contributed by atoms with E-state index in [0.717, 1.165) is 19.3 Å². The molecule has 2 aliphatic carbocycles. The van der Waals surface area contributed by atoms with Crippen LogP contribution in [0.1, 0.15) is 19.3 Å². The van der Waals surface area contributed by atoms with Crippen molar-refractivity contribution in [1.29, 1.82) is 0 Å². The highest BCUT2D eigenvalue weighted by molar-refractivity contribution is 6.31. The Morgan fingerprint density at radius 1 is 1.24 bits per heavy atom. The normalized spacial score (nSPS) is 30.4. The van der Waals surface area contributed by atoms with Crippen LogP contribution >= 0.6 is 11.6 Å². The molecule has 3 rings (SSSR count). The first-order chi connectivity index (χ1) is 9.97. The van der Waals surface area contributed by atoms with E-state index in [9.17, 15) is 19.1 Å². The predicted molar refractivity (Wildman–Crippen MR) is 75.5 cm³/mol. The number of halogens is 2. The lowest BCUT2D eigenvalue weighted by molar-refractivity contribution is -0.148. The van der Waals surface area contributed by atoms with Gasteiger partial charge in [-0.2, -0.15) is 0 Å². The van der Waals surface area contributed by atoms with Gasteiger partial charge in [0.15, 0.2) is 0 Å². The van der Waals surface area contributed by atoms with E-state index >= 15 is 0 Å². The third-order valence-corrected chi connectivity index (χ3v) is 4.98. The molecule has 2 aliphatic rings. The molecule has 2 saturated carbocycles. The van der Waals surface area contributed by atoms with Gasteiger partial charge in [0, 0.05) is 5.69 Å². The summed E-state index contributed by atoms with van der Waals surface area (Å²) >= 11 is 5.68. The van der Waals surface area contributed by atoms with E-state index in [2.05, 4.69) is 5.32 Å². The van der Waals surface area contributed by atoms with Gasteiger partial charge < -0.3 is 10.4 Å². The fraction of sp³-hybridized carbons (Fsp3) is 0.467. The molecule has 0 saturated heterocycles. The number of carbonyl (C=O) groups is 2.